The maximum absolute atomic E-state index is 11.9. The quantitative estimate of drug-likeness (QED) is 0.508. The van der Waals surface area contributed by atoms with E-state index in [0.29, 0.717) is 18.2 Å². The highest BCUT2D eigenvalue weighted by Crippen LogP contribution is 2.24. The lowest BCUT2D eigenvalue weighted by Crippen LogP contribution is -2.16. The van der Waals surface area contributed by atoms with Gasteiger partial charge in [0, 0.05) is 5.88 Å². The van der Waals surface area contributed by atoms with Crippen LogP contribution in [0.3, 0.4) is 0 Å². The molecule has 0 aliphatic carbocycles. The van der Waals surface area contributed by atoms with Gasteiger partial charge < -0.3 is 9.47 Å². The SMILES string of the molecule is FC(F)(F)Oc1ccc(OCCCCCCCl)cc1. The van der Waals surface area contributed by atoms with E-state index in [1.807, 2.05) is 0 Å². The molecule has 0 aliphatic heterocycles. The summed E-state index contributed by atoms with van der Waals surface area (Å²) in [4.78, 5) is 0. The van der Waals surface area contributed by atoms with Gasteiger partial charge in [0.15, 0.2) is 0 Å². The summed E-state index contributed by atoms with van der Waals surface area (Å²) in [6.45, 7) is 0.543. The second-order valence-corrected chi connectivity index (χ2v) is 4.35. The van der Waals surface area contributed by atoms with Gasteiger partial charge >= 0.3 is 6.36 Å². The Morgan fingerprint density at radius 1 is 0.895 bits per heavy atom. The van der Waals surface area contributed by atoms with E-state index in [4.69, 9.17) is 16.3 Å². The van der Waals surface area contributed by atoms with E-state index in [9.17, 15) is 13.2 Å². The van der Waals surface area contributed by atoms with Crippen LogP contribution < -0.4 is 9.47 Å². The van der Waals surface area contributed by atoms with Gasteiger partial charge in [0.25, 0.3) is 0 Å². The summed E-state index contributed by atoms with van der Waals surface area (Å²) in [5.74, 6) is 0.954. The molecule has 0 amide bonds. The van der Waals surface area contributed by atoms with E-state index in [1.165, 1.54) is 24.3 Å². The minimum absolute atomic E-state index is 0.248. The van der Waals surface area contributed by atoms with Crippen LogP contribution in [0.25, 0.3) is 0 Å². The second-order valence-electron chi connectivity index (χ2n) is 3.97. The van der Waals surface area contributed by atoms with Gasteiger partial charge in [-0.2, -0.15) is 0 Å². The van der Waals surface area contributed by atoms with Gasteiger partial charge in [-0.15, -0.1) is 24.8 Å². The van der Waals surface area contributed by atoms with Gasteiger partial charge in [-0.05, 0) is 37.1 Å². The largest absolute Gasteiger partial charge is 0.573 e. The van der Waals surface area contributed by atoms with Gasteiger partial charge in [-0.3, -0.25) is 0 Å². The first kappa shape index (κ1) is 16.0. The van der Waals surface area contributed by atoms with Crippen molar-refractivity contribution in [3.05, 3.63) is 24.3 Å². The molecule has 0 saturated carbocycles. The minimum Gasteiger partial charge on any atom is -0.494 e. The van der Waals surface area contributed by atoms with Crippen LogP contribution in [-0.2, 0) is 0 Å². The molecule has 1 aromatic rings. The Labute approximate surface area is 115 Å². The Kier molecular flexibility index (Phi) is 6.84. The van der Waals surface area contributed by atoms with Crippen molar-refractivity contribution in [2.45, 2.75) is 32.0 Å². The van der Waals surface area contributed by atoms with Crippen molar-refractivity contribution >= 4 is 11.6 Å². The Morgan fingerprint density at radius 3 is 2.05 bits per heavy atom. The Bertz CT molecular complexity index is 352. The molecule has 2 nitrogen and oxygen atoms in total. The summed E-state index contributed by atoms with van der Waals surface area (Å²) in [7, 11) is 0. The number of alkyl halides is 4. The van der Waals surface area contributed by atoms with Gasteiger partial charge in [-0.25, -0.2) is 0 Å². The van der Waals surface area contributed by atoms with Gasteiger partial charge in [0.1, 0.15) is 11.5 Å². The first-order valence-electron chi connectivity index (χ1n) is 6.06. The Morgan fingerprint density at radius 2 is 1.47 bits per heavy atom. The highest BCUT2D eigenvalue weighted by atomic mass is 35.5. The normalized spacial score (nSPS) is 11.4. The third kappa shape index (κ3) is 7.82. The number of unbranched alkanes of at least 4 members (excludes halogenated alkanes) is 3. The number of rotatable bonds is 8. The zero-order valence-electron chi connectivity index (χ0n) is 10.4. The highest BCUT2D eigenvalue weighted by molar-refractivity contribution is 6.17. The number of ether oxygens (including phenoxy) is 2. The van der Waals surface area contributed by atoms with Crippen molar-refractivity contribution < 1.29 is 22.6 Å². The van der Waals surface area contributed by atoms with Crippen LogP contribution in [0.5, 0.6) is 11.5 Å². The molecular formula is C13H16ClF3O2. The standard InChI is InChI=1S/C13H16ClF3O2/c14-9-3-1-2-4-10-18-11-5-7-12(8-6-11)19-13(15,16)17/h5-8H,1-4,9-10H2. The topological polar surface area (TPSA) is 18.5 Å². The molecule has 0 N–H and O–H groups in total. The van der Waals surface area contributed by atoms with Gasteiger partial charge in [0.2, 0.25) is 0 Å². The Balaban J connectivity index is 2.25. The maximum Gasteiger partial charge on any atom is 0.573 e. The molecule has 0 aromatic heterocycles. The average Bonchev–Trinajstić information content (AvgIpc) is 2.34. The minimum atomic E-state index is -4.66. The number of hydrogen-bond donors (Lipinski definition) is 0. The molecular weight excluding hydrogens is 281 g/mol. The smallest absolute Gasteiger partial charge is 0.494 e. The molecule has 108 valence electrons. The van der Waals surface area contributed by atoms with Crippen molar-refractivity contribution in [1.82, 2.24) is 0 Å². The summed E-state index contributed by atoms with van der Waals surface area (Å²) in [6, 6.07) is 5.38. The molecule has 0 bridgehead atoms. The molecule has 0 atom stereocenters. The molecule has 0 heterocycles. The fourth-order valence-electron chi connectivity index (χ4n) is 1.48. The zero-order chi connectivity index (χ0) is 14.1. The first-order valence-corrected chi connectivity index (χ1v) is 6.59. The average molecular weight is 297 g/mol. The summed E-state index contributed by atoms with van der Waals surface area (Å²) >= 11 is 5.55. The van der Waals surface area contributed by atoms with Crippen LogP contribution in [-0.4, -0.2) is 18.8 Å². The highest BCUT2D eigenvalue weighted by Gasteiger charge is 2.30. The summed E-state index contributed by atoms with van der Waals surface area (Å²) in [5, 5.41) is 0. The molecule has 0 aliphatic rings. The first-order chi connectivity index (χ1) is 9.01. The number of hydrogen-bond acceptors (Lipinski definition) is 2. The third-order valence-corrected chi connectivity index (χ3v) is 2.62. The molecule has 6 heteroatoms. The van der Waals surface area contributed by atoms with E-state index in [-0.39, 0.29) is 5.75 Å². The van der Waals surface area contributed by atoms with Gasteiger partial charge in [0.05, 0.1) is 6.61 Å². The molecule has 0 fully saturated rings. The van der Waals surface area contributed by atoms with Crippen LogP contribution in [0.4, 0.5) is 13.2 Å². The predicted molar refractivity (Wildman–Crippen MR) is 67.8 cm³/mol. The van der Waals surface area contributed by atoms with Crippen molar-refractivity contribution in [3.8, 4) is 11.5 Å². The van der Waals surface area contributed by atoms with E-state index < -0.39 is 6.36 Å². The van der Waals surface area contributed by atoms with Gasteiger partial charge in [-0.1, -0.05) is 12.8 Å². The molecule has 0 saturated heterocycles. The lowest BCUT2D eigenvalue weighted by Gasteiger charge is -2.10. The number of benzene rings is 1. The molecule has 0 spiro atoms. The maximum atomic E-state index is 11.9. The van der Waals surface area contributed by atoms with E-state index in [2.05, 4.69) is 4.74 Å². The van der Waals surface area contributed by atoms with Crippen LogP contribution in [0, 0.1) is 0 Å². The van der Waals surface area contributed by atoms with Crippen LogP contribution in [0.15, 0.2) is 24.3 Å². The zero-order valence-corrected chi connectivity index (χ0v) is 11.1. The van der Waals surface area contributed by atoms with Crippen LogP contribution >= 0.6 is 11.6 Å². The van der Waals surface area contributed by atoms with E-state index in [0.717, 1.165) is 25.7 Å². The summed E-state index contributed by atoms with van der Waals surface area (Å²) in [5.41, 5.74) is 0. The molecule has 1 aromatic carbocycles. The fourth-order valence-corrected chi connectivity index (χ4v) is 1.67. The Hall–Kier alpha value is -1.10. The predicted octanol–water partition coefficient (Wildman–Crippen LogP) is 4.76. The summed E-state index contributed by atoms with van der Waals surface area (Å²) < 4.78 is 44.9. The van der Waals surface area contributed by atoms with Crippen molar-refractivity contribution in [3.63, 3.8) is 0 Å². The molecule has 1 rings (SSSR count). The monoisotopic (exact) mass is 296 g/mol. The van der Waals surface area contributed by atoms with Crippen molar-refractivity contribution in [2.75, 3.05) is 12.5 Å². The van der Waals surface area contributed by atoms with Crippen molar-refractivity contribution in [2.24, 2.45) is 0 Å². The van der Waals surface area contributed by atoms with E-state index >= 15 is 0 Å². The third-order valence-electron chi connectivity index (χ3n) is 2.35. The molecule has 19 heavy (non-hydrogen) atoms. The molecule has 0 radical (unpaired) electrons. The van der Waals surface area contributed by atoms with E-state index in [1.54, 1.807) is 0 Å². The lowest BCUT2D eigenvalue weighted by molar-refractivity contribution is -0.274. The second kappa shape index (κ2) is 8.15. The lowest BCUT2D eigenvalue weighted by atomic mass is 10.2. The van der Waals surface area contributed by atoms with Crippen LogP contribution in [0.1, 0.15) is 25.7 Å². The molecule has 0 unspecified atom stereocenters. The van der Waals surface area contributed by atoms with Crippen molar-refractivity contribution in [1.29, 1.82) is 0 Å². The van der Waals surface area contributed by atoms with Crippen LogP contribution in [0.2, 0.25) is 0 Å². The fraction of sp³-hybridized carbons (Fsp3) is 0.538. The number of halogens is 4. The summed E-state index contributed by atoms with van der Waals surface area (Å²) in [6.07, 6.45) is -0.680.